The molecule has 2 rings (SSSR count). The van der Waals surface area contributed by atoms with Gasteiger partial charge in [-0.25, -0.2) is 8.78 Å². The van der Waals surface area contributed by atoms with E-state index < -0.39 is 6.43 Å². The summed E-state index contributed by atoms with van der Waals surface area (Å²) in [6.07, 6.45) is 0.122. The molecule has 1 aromatic rings. The molecule has 0 amide bonds. The number of hydrogen-bond acceptors (Lipinski definition) is 2. The molecule has 2 nitrogen and oxygen atoms in total. The minimum Gasteiger partial charge on any atom is -0.316 e. The van der Waals surface area contributed by atoms with Crippen LogP contribution in [0.1, 0.15) is 37.3 Å². The second-order valence-electron chi connectivity index (χ2n) is 5.59. The minimum atomic E-state index is -2.38. The van der Waals surface area contributed by atoms with Crippen molar-refractivity contribution in [2.75, 3.05) is 26.2 Å². The third-order valence-electron chi connectivity index (χ3n) is 3.97. The second-order valence-corrected chi connectivity index (χ2v) is 5.59. The normalized spacial score (nSPS) is 19.8. The Labute approximate surface area is 120 Å². The van der Waals surface area contributed by atoms with E-state index in [4.69, 9.17) is 0 Å². The number of piperidine rings is 1. The van der Waals surface area contributed by atoms with E-state index in [1.54, 1.807) is 12.1 Å². The maximum absolute atomic E-state index is 12.7. The molecule has 1 unspecified atom stereocenters. The summed E-state index contributed by atoms with van der Waals surface area (Å²) in [4.78, 5) is 2.35. The Kier molecular flexibility index (Phi) is 5.92. The Hall–Kier alpha value is -1.00. The first-order valence-corrected chi connectivity index (χ1v) is 7.49. The zero-order valence-electron chi connectivity index (χ0n) is 12.1. The summed E-state index contributed by atoms with van der Waals surface area (Å²) in [6.45, 7) is 7.09. The number of benzene rings is 1. The van der Waals surface area contributed by atoms with Crippen molar-refractivity contribution in [3.8, 4) is 0 Å². The van der Waals surface area contributed by atoms with Crippen molar-refractivity contribution >= 4 is 0 Å². The minimum absolute atomic E-state index is 0.123. The third-order valence-corrected chi connectivity index (χ3v) is 3.97. The molecular formula is C16H24F2N2. The number of hydrogen-bond donors (Lipinski definition) is 1. The summed E-state index contributed by atoms with van der Waals surface area (Å²) < 4.78 is 25.4. The van der Waals surface area contributed by atoms with Gasteiger partial charge in [-0.05, 0) is 50.0 Å². The van der Waals surface area contributed by atoms with E-state index in [2.05, 4.69) is 17.1 Å². The van der Waals surface area contributed by atoms with E-state index in [1.165, 1.54) is 18.9 Å². The molecule has 1 heterocycles. The predicted molar refractivity (Wildman–Crippen MR) is 77.9 cm³/mol. The first-order chi connectivity index (χ1) is 9.69. The Morgan fingerprint density at radius 1 is 1.40 bits per heavy atom. The quantitative estimate of drug-likeness (QED) is 0.859. The predicted octanol–water partition coefficient (Wildman–Crippen LogP) is 3.45. The Balaban J connectivity index is 1.93. The van der Waals surface area contributed by atoms with Crippen molar-refractivity contribution in [1.82, 2.24) is 10.2 Å². The number of rotatable bonds is 6. The number of nitrogens with zero attached hydrogens (tertiary/aromatic N) is 1. The maximum Gasteiger partial charge on any atom is 0.263 e. The Morgan fingerprint density at radius 2 is 2.25 bits per heavy atom. The van der Waals surface area contributed by atoms with Crippen molar-refractivity contribution in [1.29, 1.82) is 0 Å². The fourth-order valence-corrected chi connectivity index (χ4v) is 2.84. The van der Waals surface area contributed by atoms with Crippen LogP contribution in [0.3, 0.4) is 0 Å². The topological polar surface area (TPSA) is 15.3 Å². The van der Waals surface area contributed by atoms with Crippen molar-refractivity contribution in [3.63, 3.8) is 0 Å². The van der Waals surface area contributed by atoms with Crippen LogP contribution in [0.15, 0.2) is 24.3 Å². The molecule has 0 radical (unpaired) electrons. The van der Waals surface area contributed by atoms with Crippen molar-refractivity contribution in [2.45, 2.75) is 32.7 Å². The highest BCUT2D eigenvalue weighted by atomic mass is 19.3. The molecule has 0 aromatic heterocycles. The van der Waals surface area contributed by atoms with Crippen LogP contribution in [0.2, 0.25) is 0 Å². The number of halogens is 2. The fourth-order valence-electron chi connectivity index (χ4n) is 2.84. The molecule has 1 aliphatic heterocycles. The molecule has 0 aliphatic carbocycles. The summed E-state index contributed by atoms with van der Waals surface area (Å²) in [5.41, 5.74) is 1.10. The molecule has 1 fully saturated rings. The van der Waals surface area contributed by atoms with Gasteiger partial charge in [0, 0.05) is 18.7 Å². The first kappa shape index (κ1) is 15.4. The van der Waals surface area contributed by atoms with Gasteiger partial charge in [-0.1, -0.05) is 25.1 Å². The van der Waals surface area contributed by atoms with E-state index in [1.807, 2.05) is 6.07 Å². The molecule has 1 aliphatic rings. The second kappa shape index (κ2) is 7.70. The van der Waals surface area contributed by atoms with Crippen LogP contribution in [0.25, 0.3) is 0 Å². The van der Waals surface area contributed by atoms with Gasteiger partial charge in [-0.15, -0.1) is 0 Å². The Morgan fingerprint density at radius 3 is 2.90 bits per heavy atom. The van der Waals surface area contributed by atoms with Crippen LogP contribution in [-0.4, -0.2) is 31.1 Å². The average Bonchev–Trinajstić information content (AvgIpc) is 2.48. The van der Waals surface area contributed by atoms with Gasteiger partial charge >= 0.3 is 0 Å². The molecule has 0 saturated carbocycles. The number of alkyl halides is 2. The zero-order chi connectivity index (χ0) is 14.4. The molecule has 1 N–H and O–H groups in total. The van der Waals surface area contributed by atoms with Crippen molar-refractivity contribution in [3.05, 3.63) is 35.4 Å². The van der Waals surface area contributed by atoms with Gasteiger partial charge in [-0.3, -0.25) is 4.90 Å². The van der Waals surface area contributed by atoms with Gasteiger partial charge < -0.3 is 5.32 Å². The first-order valence-electron chi connectivity index (χ1n) is 7.49. The number of nitrogens with one attached hydrogen (secondary N) is 1. The van der Waals surface area contributed by atoms with Crippen molar-refractivity contribution < 1.29 is 8.78 Å². The summed E-state index contributed by atoms with van der Waals surface area (Å²) in [7, 11) is 0. The van der Waals surface area contributed by atoms with Gasteiger partial charge in [-0.2, -0.15) is 0 Å². The van der Waals surface area contributed by atoms with Crippen LogP contribution < -0.4 is 5.32 Å². The van der Waals surface area contributed by atoms with Gasteiger partial charge in [0.2, 0.25) is 0 Å². The van der Waals surface area contributed by atoms with E-state index in [0.717, 1.165) is 38.3 Å². The van der Waals surface area contributed by atoms with Crippen LogP contribution in [-0.2, 0) is 6.54 Å². The lowest BCUT2D eigenvalue weighted by molar-refractivity contribution is 0.151. The smallest absolute Gasteiger partial charge is 0.263 e. The van der Waals surface area contributed by atoms with Gasteiger partial charge in [0.1, 0.15) is 0 Å². The lowest BCUT2D eigenvalue weighted by atomic mass is 9.99. The van der Waals surface area contributed by atoms with Crippen molar-refractivity contribution in [2.24, 2.45) is 5.92 Å². The average molecular weight is 282 g/mol. The van der Waals surface area contributed by atoms with Crippen LogP contribution >= 0.6 is 0 Å². The van der Waals surface area contributed by atoms with E-state index in [9.17, 15) is 8.78 Å². The molecule has 1 saturated heterocycles. The monoisotopic (exact) mass is 282 g/mol. The molecule has 0 bridgehead atoms. The zero-order valence-corrected chi connectivity index (χ0v) is 12.1. The molecule has 0 spiro atoms. The lowest BCUT2D eigenvalue weighted by Crippen LogP contribution is -2.38. The highest BCUT2D eigenvalue weighted by Crippen LogP contribution is 2.20. The molecule has 4 heteroatoms. The van der Waals surface area contributed by atoms with Gasteiger partial charge in [0.15, 0.2) is 0 Å². The van der Waals surface area contributed by atoms with E-state index in [-0.39, 0.29) is 5.56 Å². The van der Waals surface area contributed by atoms with Crippen LogP contribution in [0.4, 0.5) is 8.78 Å². The third kappa shape index (κ3) is 4.53. The fraction of sp³-hybridized carbons (Fsp3) is 0.625. The molecule has 1 atom stereocenters. The highest BCUT2D eigenvalue weighted by Gasteiger charge is 2.16. The molecular weight excluding hydrogens is 258 g/mol. The van der Waals surface area contributed by atoms with Crippen LogP contribution in [0, 0.1) is 5.92 Å². The van der Waals surface area contributed by atoms with Gasteiger partial charge in [0.25, 0.3) is 6.43 Å². The molecule has 1 aromatic carbocycles. The summed E-state index contributed by atoms with van der Waals surface area (Å²) in [5.74, 6) is 0.682. The maximum atomic E-state index is 12.7. The Bertz CT molecular complexity index is 403. The molecule has 20 heavy (non-hydrogen) atoms. The van der Waals surface area contributed by atoms with Crippen LogP contribution in [0.5, 0.6) is 0 Å². The molecule has 112 valence electrons. The van der Waals surface area contributed by atoms with E-state index >= 15 is 0 Å². The van der Waals surface area contributed by atoms with Gasteiger partial charge in [0.05, 0.1) is 0 Å². The largest absolute Gasteiger partial charge is 0.316 e. The standard InChI is InChI=1S/C16H24F2N2/c1-2-20(12-14-6-4-8-19-10-14)11-13-5-3-7-15(9-13)16(17)18/h3,5,7,9,14,16,19H,2,4,6,8,10-12H2,1H3. The summed E-state index contributed by atoms with van der Waals surface area (Å²) >= 11 is 0. The highest BCUT2D eigenvalue weighted by molar-refractivity contribution is 5.24. The lowest BCUT2D eigenvalue weighted by Gasteiger charge is -2.29. The summed E-state index contributed by atoms with van der Waals surface area (Å²) in [5, 5.41) is 3.43. The van der Waals surface area contributed by atoms with E-state index in [0.29, 0.717) is 5.92 Å². The summed E-state index contributed by atoms with van der Waals surface area (Å²) in [6, 6.07) is 6.79. The SMILES string of the molecule is CCN(Cc1cccc(C(F)F)c1)CC1CCCNC1.